The Labute approximate surface area is 167 Å². The average Bonchev–Trinajstić information content (AvgIpc) is 3.27. The van der Waals surface area contributed by atoms with Crippen LogP contribution in [0.15, 0.2) is 47.9 Å². The molecule has 1 aromatic carbocycles. The Morgan fingerprint density at radius 2 is 2.07 bits per heavy atom. The highest BCUT2D eigenvalue weighted by atomic mass is 32.2. The summed E-state index contributed by atoms with van der Waals surface area (Å²) in [5, 5.41) is 0.923. The van der Waals surface area contributed by atoms with E-state index in [4.69, 9.17) is 14.7 Å². The Morgan fingerprint density at radius 1 is 1.21 bits per heavy atom. The molecule has 0 amide bonds. The number of carbonyl (C=O) groups excluding carboxylic acids is 1. The third-order valence-electron chi connectivity index (χ3n) is 4.62. The van der Waals surface area contributed by atoms with Crippen molar-refractivity contribution in [3.05, 3.63) is 59.5 Å². The van der Waals surface area contributed by atoms with Gasteiger partial charge in [0.05, 0.1) is 28.9 Å². The Hall–Kier alpha value is -2.80. The fourth-order valence-corrected chi connectivity index (χ4v) is 4.24. The van der Waals surface area contributed by atoms with Gasteiger partial charge in [0.1, 0.15) is 5.65 Å². The molecule has 0 spiro atoms. The highest BCUT2D eigenvalue weighted by Gasteiger charge is 2.14. The fourth-order valence-electron chi connectivity index (χ4n) is 3.28. The van der Waals surface area contributed by atoms with Gasteiger partial charge in [-0.25, -0.2) is 14.8 Å². The van der Waals surface area contributed by atoms with Gasteiger partial charge in [-0.1, -0.05) is 17.8 Å². The molecule has 4 rings (SSSR count). The van der Waals surface area contributed by atoms with Crippen molar-refractivity contribution in [1.82, 2.24) is 18.9 Å². The zero-order valence-electron chi connectivity index (χ0n) is 16.2. The molecule has 28 heavy (non-hydrogen) atoms. The third kappa shape index (κ3) is 3.38. The van der Waals surface area contributed by atoms with Crippen molar-refractivity contribution in [2.24, 2.45) is 0 Å². The van der Waals surface area contributed by atoms with Crippen LogP contribution in [0.2, 0.25) is 0 Å². The number of aromatic nitrogens is 4. The van der Waals surface area contributed by atoms with Gasteiger partial charge >= 0.3 is 5.97 Å². The molecule has 0 atom stereocenters. The van der Waals surface area contributed by atoms with Gasteiger partial charge in [0.25, 0.3) is 0 Å². The predicted molar refractivity (Wildman–Crippen MR) is 111 cm³/mol. The summed E-state index contributed by atoms with van der Waals surface area (Å²) >= 11 is 1.66. The lowest BCUT2D eigenvalue weighted by atomic mass is 10.2. The van der Waals surface area contributed by atoms with E-state index in [1.54, 1.807) is 30.8 Å². The summed E-state index contributed by atoms with van der Waals surface area (Å²) in [5.41, 5.74) is 5.51. The average molecular weight is 395 g/mol. The quantitative estimate of drug-likeness (QED) is 0.356. The number of hydrogen-bond acceptors (Lipinski definition) is 5. The van der Waals surface area contributed by atoms with Crippen molar-refractivity contribution in [3.63, 3.8) is 0 Å². The highest BCUT2D eigenvalue weighted by Crippen LogP contribution is 2.27. The van der Waals surface area contributed by atoms with Crippen molar-refractivity contribution >= 4 is 34.4 Å². The summed E-state index contributed by atoms with van der Waals surface area (Å²) < 4.78 is 9.31. The number of carbonyl (C=O) groups is 1. The number of nitrogens with zero attached hydrogens (tertiary/aromatic N) is 4. The van der Waals surface area contributed by atoms with Crippen LogP contribution in [0.5, 0.6) is 0 Å². The van der Waals surface area contributed by atoms with Crippen molar-refractivity contribution in [1.29, 1.82) is 0 Å². The molecule has 0 unspecified atom stereocenters. The molecule has 0 aliphatic rings. The maximum atomic E-state index is 12.0. The van der Waals surface area contributed by atoms with E-state index in [9.17, 15) is 4.79 Å². The number of pyridine rings is 1. The second-order valence-corrected chi connectivity index (χ2v) is 7.45. The van der Waals surface area contributed by atoms with Crippen LogP contribution in [-0.2, 0) is 17.0 Å². The smallest absolute Gasteiger partial charge is 0.338 e. The summed E-state index contributed by atoms with van der Waals surface area (Å²) in [6.45, 7) is 7.13. The summed E-state index contributed by atoms with van der Waals surface area (Å²) in [6, 6.07) is 9.64. The zero-order chi connectivity index (χ0) is 19.7. The van der Waals surface area contributed by atoms with Gasteiger partial charge in [0, 0.05) is 24.7 Å². The van der Waals surface area contributed by atoms with Crippen LogP contribution < -0.4 is 0 Å². The molecule has 0 saturated heterocycles. The number of ether oxygens (including phenoxy) is 1. The molecule has 0 N–H and O–H groups in total. The SMILES string of the molecule is CCOC(=O)c1ccc2c(c1)nc(SCc1cn3cccc(C)c3n1)n2CC. The monoisotopic (exact) mass is 394 g/mol. The topological polar surface area (TPSA) is 61.4 Å². The van der Waals surface area contributed by atoms with Crippen LogP contribution in [0.1, 0.15) is 35.5 Å². The molecule has 0 fully saturated rings. The van der Waals surface area contributed by atoms with E-state index in [0.29, 0.717) is 12.2 Å². The maximum Gasteiger partial charge on any atom is 0.338 e. The number of imidazole rings is 2. The van der Waals surface area contributed by atoms with Crippen molar-refractivity contribution < 1.29 is 9.53 Å². The molecule has 0 radical (unpaired) electrons. The summed E-state index contributed by atoms with van der Waals surface area (Å²) in [5.74, 6) is 0.416. The van der Waals surface area contributed by atoms with Gasteiger partial charge in [-0.05, 0) is 50.6 Å². The molecule has 3 heterocycles. The van der Waals surface area contributed by atoms with Gasteiger partial charge in [0.15, 0.2) is 5.16 Å². The summed E-state index contributed by atoms with van der Waals surface area (Å²) in [6.07, 6.45) is 4.08. The predicted octanol–water partition coefficient (Wildman–Crippen LogP) is 4.48. The standard InChI is InChI=1S/C21H22N4O2S/c1-4-25-18-9-8-15(20(26)27-5-2)11-17(18)23-21(25)28-13-16-12-24-10-6-7-14(3)19(24)22-16/h6-12H,4-5,13H2,1-3H3. The largest absolute Gasteiger partial charge is 0.462 e. The molecule has 0 aliphatic heterocycles. The fraction of sp³-hybridized carbons (Fsp3) is 0.286. The van der Waals surface area contributed by atoms with Gasteiger partial charge in [0.2, 0.25) is 0 Å². The molecule has 0 bridgehead atoms. The second-order valence-electron chi connectivity index (χ2n) is 6.51. The number of aryl methyl sites for hydroxylation is 2. The minimum atomic E-state index is -0.315. The first-order valence-corrected chi connectivity index (χ1v) is 10.3. The van der Waals surface area contributed by atoms with Crippen LogP contribution in [-0.4, -0.2) is 31.5 Å². The Kier molecular flexibility index (Phi) is 5.09. The molecule has 7 heteroatoms. The lowest BCUT2D eigenvalue weighted by Gasteiger charge is -2.05. The lowest BCUT2D eigenvalue weighted by Crippen LogP contribution is -2.04. The zero-order valence-corrected chi connectivity index (χ0v) is 17.0. The maximum absolute atomic E-state index is 12.0. The van der Waals surface area contributed by atoms with E-state index < -0.39 is 0 Å². The van der Waals surface area contributed by atoms with E-state index in [-0.39, 0.29) is 5.97 Å². The van der Waals surface area contributed by atoms with Crippen molar-refractivity contribution in [2.45, 2.75) is 38.2 Å². The first-order chi connectivity index (χ1) is 13.6. The van der Waals surface area contributed by atoms with Gasteiger partial charge < -0.3 is 13.7 Å². The molecule has 144 valence electrons. The number of thioether (sulfide) groups is 1. The molecule has 6 nitrogen and oxygen atoms in total. The van der Waals surface area contributed by atoms with Crippen molar-refractivity contribution in [3.8, 4) is 0 Å². The molecular formula is C21H22N4O2S. The number of hydrogen-bond donors (Lipinski definition) is 0. The number of esters is 1. The van der Waals surface area contributed by atoms with Gasteiger partial charge in [-0.3, -0.25) is 0 Å². The van der Waals surface area contributed by atoms with E-state index in [1.807, 2.05) is 18.3 Å². The van der Waals surface area contributed by atoms with Crippen LogP contribution in [0.3, 0.4) is 0 Å². The molecule has 4 aromatic rings. The van der Waals surface area contributed by atoms with E-state index in [0.717, 1.165) is 45.4 Å². The van der Waals surface area contributed by atoms with Crippen LogP contribution in [0.4, 0.5) is 0 Å². The van der Waals surface area contributed by atoms with Crippen LogP contribution in [0, 0.1) is 6.92 Å². The van der Waals surface area contributed by atoms with Crippen molar-refractivity contribution in [2.75, 3.05) is 6.61 Å². The van der Waals surface area contributed by atoms with E-state index in [1.165, 1.54) is 0 Å². The lowest BCUT2D eigenvalue weighted by molar-refractivity contribution is 0.0526. The van der Waals surface area contributed by atoms with E-state index in [2.05, 4.69) is 35.1 Å². The van der Waals surface area contributed by atoms with Gasteiger partial charge in [-0.2, -0.15) is 0 Å². The molecule has 3 aromatic heterocycles. The normalized spacial score (nSPS) is 11.4. The molecular weight excluding hydrogens is 372 g/mol. The van der Waals surface area contributed by atoms with Crippen LogP contribution in [0.25, 0.3) is 16.7 Å². The number of benzene rings is 1. The Bertz CT molecular complexity index is 1160. The first kappa shape index (κ1) is 18.6. The number of rotatable bonds is 6. The molecule has 0 saturated carbocycles. The van der Waals surface area contributed by atoms with E-state index >= 15 is 0 Å². The highest BCUT2D eigenvalue weighted by molar-refractivity contribution is 7.98. The minimum absolute atomic E-state index is 0.315. The Morgan fingerprint density at radius 3 is 2.82 bits per heavy atom. The van der Waals surface area contributed by atoms with Crippen LogP contribution >= 0.6 is 11.8 Å². The van der Waals surface area contributed by atoms with Gasteiger partial charge in [-0.15, -0.1) is 0 Å². The summed E-state index contributed by atoms with van der Waals surface area (Å²) in [7, 11) is 0. The minimum Gasteiger partial charge on any atom is -0.462 e. The second kappa shape index (κ2) is 7.67. The summed E-state index contributed by atoms with van der Waals surface area (Å²) in [4.78, 5) is 21.5. The first-order valence-electron chi connectivity index (χ1n) is 9.34. The Balaban J connectivity index is 1.61. The third-order valence-corrected chi connectivity index (χ3v) is 5.63. The molecule has 0 aliphatic carbocycles. The number of fused-ring (bicyclic) bond motifs is 2.